The molecular weight excluding hydrogens is 419 g/mol. The minimum atomic E-state index is -0.868. The van der Waals surface area contributed by atoms with E-state index in [2.05, 4.69) is 33.0 Å². The van der Waals surface area contributed by atoms with Crippen LogP contribution in [0.15, 0.2) is 66.7 Å². The molecule has 6 nitrogen and oxygen atoms in total. The average molecular weight is 445 g/mol. The summed E-state index contributed by atoms with van der Waals surface area (Å²) in [6, 6.07) is 23.4. The molecule has 1 atom stereocenters. The van der Waals surface area contributed by atoms with E-state index in [1.807, 2.05) is 30.3 Å². The van der Waals surface area contributed by atoms with Crippen molar-refractivity contribution in [2.24, 2.45) is 0 Å². The summed E-state index contributed by atoms with van der Waals surface area (Å²) in [5.41, 5.74) is 2.31. The van der Waals surface area contributed by atoms with Crippen LogP contribution < -0.4 is 20.9 Å². The van der Waals surface area contributed by atoms with Gasteiger partial charge in [0.15, 0.2) is 0 Å². The van der Waals surface area contributed by atoms with Crippen molar-refractivity contribution in [1.29, 1.82) is 0 Å². The second-order valence-electron chi connectivity index (χ2n) is 7.81. The van der Waals surface area contributed by atoms with E-state index in [4.69, 9.17) is 0 Å². The van der Waals surface area contributed by atoms with Gasteiger partial charge in [0.05, 0.1) is 16.9 Å². The van der Waals surface area contributed by atoms with E-state index >= 15 is 0 Å². The fourth-order valence-electron chi connectivity index (χ4n) is 3.79. The van der Waals surface area contributed by atoms with Crippen LogP contribution >= 0.6 is 0 Å². The maximum atomic E-state index is 14.1. The van der Waals surface area contributed by atoms with E-state index in [-0.39, 0.29) is 12.0 Å². The zero-order valence-corrected chi connectivity index (χ0v) is 18.1. The largest absolute Gasteiger partial charge is 0.367 e. The summed E-state index contributed by atoms with van der Waals surface area (Å²) in [7, 11) is 0. The lowest BCUT2D eigenvalue weighted by molar-refractivity contribution is -0.118. The first kappa shape index (κ1) is 22.3. The molecule has 3 aromatic carbocycles. The number of anilines is 2. The summed E-state index contributed by atoms with van der Waals surface area (Å²) < 4.78 is 14.1. The number of nitrogens with zero attached hydrogens (tertiary/aromatic N) is 1. The Bertz CT molecular complexity index is 1090. The predicted molar refractivity (Wildman–Crippen MR) is 126 cm³/mol. The van der Waals surface area contributed by atoms with Crippen molar-refractivity contribution in [3.05, 3.63) is 95.8 Å². The maximum Gasteiger partial charge on any atom is 0.260 e. The Morgan fingerprint density at radius 3 is 2.58 bits per heavy atom. The van der Waals surface area contributed by atoms with Crippen molar-refractivity contribution in [2.45, 2.75) is 12.5 Å². The number of hydrogen-bond donors (Lipinski definition) is 3. The molecule has 7 heteroatoms. The van der Waals surface area contributed by atoms with Gasteiger partial charge >= 0.3 is 0 Å². The highest BCUT2D eigenvalue weighted by atomic mass is 19.1. The van der Waals surface area contributed by atoms with Crippen molar-refractivity contribution in [2.75, 3.05) is 36.4 Å². The standard InChI is InChI=1S/C26H25FN4O2/c27-21-11-12-24(31-15-13-28-14-16-31)22(18-21)29-26(33)23(17-19-7-3-1-4-8-19)30-25(32)20-9-5-2-6-10-20/h1-5,7-9,11-12,18,23,28H,13-17H2,(H,29,33)(H,30,32). The molecule has 168 valence electrons. The van der Waals surface area contributed by atoms with Crippen molar-refractivity contribution in [1.82, 2.24) is 10.6 Å². The third kappa shape index (κ3) is 5.88. The lowest BCUT2D eigenvalue weighted by Gasteiger charge is -2.31. The molecule has 0 aliphatic carbocycles. The molecule has 2 amide bonds. The van der Waals surface area contributed by atoms with Gasteiger partial charge in [-0.05, 0) is 35.9 Å². The molecule has 0 saturated carbocycles. The topological polar surface area (TPSA) is 73.5 Å². The normalized spacial score (nSPS) is 14.2. The highest BCUT2D eigenvalue weighted by Gasteiger charge is 2.24. The Labute approximate surface area is 192 Å². The van der Waals surface area contributed by atoms with E-state index in [9.17, 15) is 14.0 Å². The number of hydrogen-bond acceptors (Lipinski definition) is 4. The lowest BCUT2D eigenvalue weighted by atomic mass is 10.0. The van der Waals surface area contributed by atoms with Gasteiger partial charge in [0.1, 0.15) is 11.9 Å². The van der Waals surface area contributed by atoms with Crippen molar-refractivity contribution in [3.8, 4) is 0 Å². The van der Waals surface area contributed by atoms with Gasteiger partial charge in [-0.25, -0.2) is 4.39 Å². The summed E-state index contributed by atoms with van der Waals surface area (Å²) in [5.74, 6) is -1.29. The van der Waals surface area contributed by atoms with Crippen LogP contribution in [0, 0.1) is 17.9 Å². The van der Waals surface area contributed by atoms with Crippen LogP contribution in [0.5, 0.6) is 0 Å². The third-order valence-corrected chi connectivity index (χ3v) is 5.47. The summed E-state index contributed by atoms with van der Waals surface area (Å²) in [6.07, 6.45) is 0.285. The Hall–Kier alpha value is -3.89. The zero-order valence-electron chi connectivity index (χ0n) is 18.1. The molecule has 3 N–H and O–H groups in total. The van der Waals surface area contributed by atoms with Crippen LogP contribution in [0.25, 0.3) is 0 Å². The maximum absolute atomic E-state index is 14.1. The molecule has 0 radical (unpaired) electrons. The average Bonchev–Trinajstić information content (AvgIpc) is 2.85. The van der Waals surface area contributed by atoms with E-state index in [1.54, 1.807) is 24.3 Å². The second kappa shape index (κ2) is 10.6. The molecule has 33 heavy (non-hydrogen) atoms. The molecule has 3 aromatic rings. The molecule has 4 rings (SSSR count). The highest BCUT2D eigenvalue weighted by Crippen LogP contribution is 2.27. The van der Waals surface area contributed by atoms with Crippen LogP contribution in [0.2, 0.25) is 0 Å². The number of nitrogens with one attached hydrogen (secondary N) is 3. The van der Waals surface area contributed by atoms with Crippen LogP contribution in [-0.4, -0.2) is 44.0 Å². The van der Waals surface area contributed by atoms with Gasteiger partial charge in [-0.2, -0.15) is 0 Å². The van der Waals surface area contributed by atoms with Crippen LogP contribution in [0.4, 0.5) is 15.8 Å². The summed E-state index contributed by atoms with van der Waals surface area (Å²) in [4.78, 5) is 28.2. The van der Waals surface area contributed by atoms with Gasteiger partial charge in [-0.1, -0.05) is 48.5 Å². The second-order valence-corrected chi connectivity index (χ2v) is 7.81. The number of carbonyl (C=O) groups excluding carboxylic acids is 2. The monoisotopic (exact) mass is 444 g/mol. The molecule has 1 aliphatic rings. The Morgan fingerprint density at radius 2 is 1.85 bits per heavy atom. The number of benzene rings is 2. The van der Waals surface area contributed by atoms with Crippen LogP contribution in [0.3, 0.4) is 0 Å². The predicted octanol–water partition coefficient (Wildman–Crippen LogP) is 2.82. The first-order valence-electron chi connectivity index (χ1n) is 10.9. The molecule has 1 saturated heterocycles. The minimum absolute atomic E-state index is 0.285. The molecule has 1 fully saturated rings. The summed E-state index contributed by atoms with van der Waals surface area (Å²) in [5, 5.41) is 8.93. The number of carbonyl (C=O) groups is 2. The van der Waals surface area contributed by atoms with Gasteiger partial charge in [0.25, 0.3) is 5.91 Å². The first-order chi connectivity index (χ1) is 16.1. The van der Waals surface area contributed by atoms with Gasteiger partial charge in [-0.15, -0.1) is 0 Å². The number of piperazine rings is 1. The van der Waals surface area contributed by atoms with Crippen LogP contribution in [0.1, 0.15) is 15.9 Å². The van der Waals surface area contributed by atoms with Crippen molar-refractivity contribution < 1.29 is 14.0 Å². The van der Waals surface area contributed by atoms with E-state index in [0.29, 0.717) is 5.69 Å². The fraction of sp³-hybridized carbons (Fsp3) is 0.231. The molecule has 1 unspecified atom stereocenters. The van der Waals surface area contributed by atoms with E-state index < -0.39 is 23.7 Å². The molecular formula is C26H25FN4O2. The van der Waals surface area contributed by atoms with E-state index in [0.717, 1.165) is 37.4 Å². The number of amides is 2. The third-order valence-electron chi connectivity index (χ3n) is 5.47. The van der Waals surface area contributed by atoms with Crippen molar-refractivity contribution in [3.63, 3.8) is 0 Å². The van der Waals surface area contributed by atoms with E-state index in [1.165, 1.54) is 12.1 Å². The van der Waals surface area contributed by atoms with Crippen molar-refractivity contribution >= 4 is 23.2 Å². The molecule has 1 heterocycles. The molecule has 0 bridgehead atoms. The van der Waals surface area contributed by atoms with Gasteiger partial charge < -0.3 is 20.9 Å². The first-order valence-corrected chi connectivity index (χ1v) is 10.9. The Morgan fingerprint density at radius 1 is 1.06 bits per heavy atom. The molecule has 0 spiro atoms. The lowest BCUT2D eigenvalue weighted by Crippen LogP contribution is -2.46. The van der Waals surface area contributed by atoms with Crippen LogP contribution in [-0.2, 0) is 11.2 Å². The zero-order chi connectivity index (χ0) is 23.0. The molecule has 1 aliphatic heterocycles. The summed E-state index contributed by atoms with van der Waals surface area (Å²) >= 11 is 0. The highest BCUT2D eigenvalue weighted by molar-refractivity contribution is 6.02. The fourth-order valence-corrected chi connectivity index (χ4v) is 3.79. The smallest absolute Gasteiger partial charge is 0.260 e. The Balaban J connectivity index is 1.57. The summed E-state index contributed by atoms with van der Waals surface area (Å²) in [6.45, 7) is 3.11. The minimum Gasteiger partial charge on any atom is -0.367 e. The SMILES string of the molecule is O=C(NC(Cc1ccccc1)C(=O)Nc1cc(F)ccc1N1CCNCC1)c1c#cccc1. The quantitative estimate of drug-likeness (QED) is 0.524. The number of rotatable bonds is 7. The Kier molecular flexibility index (Phi) is 7.18. The number of halogens is 1. The van der Waals surface area contributed by atoms with Gasteiger partial charge in [0, 0.05) is 32.6 Å². The molecule has 0 aromatic heterocycles. The van der Waals surface area contributed by atoms with Gasteiger partial charge in [0.2, 0.25) is 5.91 Å². The van der Waals surface area contributed by atoms with Gasteiger partial charge in [-0.3, -0.25) is 9.59 Å².